The lowest BCUT2D eigenvalue weighted by Crippen LogP contribution is -3.12. The van der Waals surface area contributed by atoms with E-state index >= 15 is 0 Å². The van der Waals surface area contributed by atoms with Gasteiger partial charge in [-0.2, -0.15) is 0 Å². The molecule has 0 aliphatic carbocycles. The van der Waals surface area contributed by atoms with Crippen molar-refractivity contribution < 1.29 is 28.8 Å². The molecule has 8 nitrogen and oxygen atoms in total. The molecule has 1 saturated heterocycles. The molecule has 1 heterocycles. The van der Waals surface area contributed by atoms with Crippen molar-refractivity contribution >= 4 is 17.9 Å². The number of carbonyl (C=O) groups excluding carboxylic acids is 3. The Labute approximate surface area is 181 Å². The summed E-state index contributed by atoms with van der Waals surface area (Å²) in [6, 6.07) is 15.8. The lowest BCUT2D eigenvalue weighted by molar-refractivity contribution is -0.921. The van der Waals surface area contributed by atoms with Crippen LogP contribution in [0.5, 0.6) is 0 Å². The van der Waals surface area contributed by atoms with E-state index in [1.54, 1.807) is 12.1 Å². The van der Waals surface area contributed by atoms with Crippen molar-refractivity contribution in [3.8, 4) is 0 Å². The van der Waals surface area contributed by atoms with Gasteiger partial charge in [-0.15, -0.1) is 0 Å². The molecule has 0 unspecified atom stereocenters. The van der Waals surface area contributed by atoms with Crippen molar-refractivity contribution in [2.45, 2.75) is 26.1 Å². The zero-order valence-electron chi connectivity index (χ0n) is 17.6. The fourth-order valence-corrected chi connectivity index (χ4v) is 3.20. The number of nitrogens with one attached hydrogen (secondary N) is 3. The van der Waals surface area contributed by atoms with Crippen molar-refractivity contribution in [2.75, 3.05) is 26.3 Å². The van der Waals surface area contributed by atoms with Gasteiger partial charge in [0.25, 0.3) is 5.91 Å². The molecule has 3 amide bonds. The summed E-state index contributed by atoms with van der Waals surface area (Å²) in [5.41, 5.74) is 2.38. The highest BCUT2D eigenvalue weighted by Crippen LogP contribution is 2.07. The molecular weight excluding hydrogens is 398 g/mol. The zero-order valence-corrected chi connectivity index (χ0v) is 17.6. The summed E-state index contributed by atoms with van der Waals surface area (Å²) in [4.78, 5) is 37.8. The van der Waals surface area contributed by atoms with Crippen molar-refractivity contribution in [2.24, 2.45) is 0 Å². The van der Waals surface area contributed by atoms with Crippen LogP contribution in [0.3, 0.4) is 0 Å². The highest BCUT2D eigenvalue weighted by Gasteiger charge is 2.21. The van der Waals surface area contributed by atoms with Crippen LogP contribution in [-0.2, 0) is 27.4 Å². The standard InChI is InChI=1S/C23H27N3O5/c1-17(21(27)25-23(29)24-15-18-5-3-2-4-6-18)31-22(28)20-9-7-19(8-10-20)16-26-11-13-30-14-12-26/h2-10,17H,11-16H2,1H3,(H2,24,25,27,29)/p+1/t17-/m0/s1. The highest BCUT2D eigenvalue weighted by molar-refractivity contribution is 5.98. The Morgan fingerprint density at radius 2 is 1.68 bits per heavy atom. The molecule has 2 aromatic rings. The van der Waals surface area contributed by atoms with Gasteiger partial charge in [0, 0.05) is 12.1 Å². The lowest BCUT2D eigenvalue weighted by atomic mass is 10.1. The fraction of sp³-hybridized carbons (Fsp3) is 0.348. The first-order chi connectivity index (χ1) is 15.0. The average Bonchev–Trinajstić information content (AvgIpc) is 2.79. The normalized spacial score (nSPS) is 15.0. The van der Waals surface area contributed by atoms with Crippen LogP contribution in [0.1, 0.15) is 28.4 Å². The van der Waals surface area contributed by atoms with Crippen LogP contribution in [0, 0.1) is 0 Å². The number of morpholine rings is 1. The quantitative estimate of drug-likeness (QED) is 0.566. The van der Waals surface area contributed by atoms with Crippen LogP contribution >= 0.6 is 0 Å². The number of hydrogen-bond acceptors (Lipinski definition) is 5. The second-order valence-electron chi connectivity index (χ2n) is 7.44. The smallest absolute Gasteiger partial charge is 0.338 e. The maximum Gasteiger partial charge on any atom is 0.338 e. The van der Waals surface area contributed by atoms with E-state index in [0.717, 1.165) is 44.0 Å². The summed E-state index contributed by atoms with van der Waals surface area (Å²) >= 11 is 0. The molecule has 0 aromatic heterocycles. The second-order valence-corrected chi connectivity index (χ2v) is 7.44. The molecule has 3 rings (SSSR count). The monoisotopic (exact) mass is 426 g/mol. The van der Waals surface area contributed by atoms with Crippen molar-refractivity contribution in [1.29, 1.82) is 0 Å². The van der Waals surface area contributed by atoms with Crippen LogP contribution in [0.2, 0.25) is 0 Å². The predicted octanol–water partition coefficient (Wildman–Crippen LogP) is 0.673. The molecule has 0 bridgehead atoms. The van der Waals surface area contributed by atoms with Crippen LogP contribution in [0.15, 0.2) is 54.6 Å². The third kappa shape index (κ3) is 7.20. The maximum absolute atomic E-state index is 12.3. The topological polar surface area (TPSA) is 98.2 Å². The number of rotatable bonds is 7. The number of ether oxygens (including phenoxy) is 2. The van der Waals surface area contributed by atoms with Crippen LogP contribution in [0.4, 0.5) is 4.79 Å². The van der Waals surface area contributed by atoms with Gasteiger partial charge < -0.3 is 19.7 Å². The van der Waals surface area contributed by atoms with E-state index in [1.165, 1.54) is 11.8 Å². The van der Waals surface area contributed by atoms with E-state index < -0.39 is 24.0 Å². The molecule has 1 atom stereocenters. The first-order valence-corrected chi connectivity index (χ1v) is 10.3. The largest absolute Gasteiger partial charge is 0.449 e. The van der Waals surface area contributed by atoms with Gasteiger partial charge >= 0.3 is 12.0 Å². The molecule has 1 fully saturated rings. The molecule has 31 heavy (non-hydrogen) atoms. The minimum Gasteiger partial charge on any atom is -0.449 e. The number of urea groups is 1. The summed E-state index contributed by atoms with van der Waals surface area (Å²) in [6.45, 7) is 6.05. The molecule has 0 spiro atoms. The molecule has 3 N–H and O–H groups in total. The van der Waals surface area contributed by atoms with Gasteiger partial charge in [0.05, 0.1) is 18.8 Å². The Bertz CT molecular complexity index is 880. The van der Waals surface area contributed by atoms with Gasteiger partial charge in [0.15, 0.2) is 6.10 Å². The summed E-state index contributed by atoms with van der Waals surface area (Å²) in [5, 5.41) is 4.77. The maximum atomic E-state index is 12.3. The second kappa shape index (κ2) is 11.2. The predicted molar refractivity (Wildman–Crippen MR) is 113 cm³/mol. The van der Waals surface area contributed by atoms with E-state index in [4.69, 9.17) is 9.47 Å². The first-order valence-electron chi connectivity index (χ1n) is 10.3. The van der Waals surface area contributed by atoms with Crippen molar-refractivity contribution in [1.82, 2.24) is 10.6 Å². The first kappa shape index (κ1) is 22.5. The van der Waals surface area contributed by atoms with Gasteiger partial charge in [-0.25, -0.2) is 9.59 Å². The molecular formula is C23H28N3O5+. The summed E-state index contributed by atoms with van der Waals surface area (Å²) in [6.07, 6.45) is -1.10. The van der Waals surface area contributed by atoms with Crippen molar-refractivity contribution in [3.63, 3.8) is 0 Å². The molecule has 0 radical (unpaired) electrons. The molecule has 8 heteroatoms. The minimum absolute atomic E-state index is 0.284. The van der Waals surface area contributed by atoms with Crippen molar-refractivity contribution in [3.05, 3.63) is 71.3 Å². The van der Waals surface area contributed by atoms with Gasteiger partial charge in [0.1, 0.15) is 19.6 Å². The number of benzene rings is 2. The SMILES string of the molecule is C[C@H](OC(=O)c1ccc(C[NH+]2CCOCC2)cc1)C(=O)NC(=O)NCc1ccccc1. The summed E-state index contributed by atoms with van der Waals surface area (Å²) in [5.74, 6) is -1.30. The van der Waals surface area contributed by atoms with Gasteiger partial charge in [-0.1, -0.05) is 42.5 Å². The van der Waals surface area contributed by atoms with Crippen LogP contribution < -0.4 is 15.5 Å². The van der Waals surface area contributed by atoms with Gasteiger partial charge in [-0.3, -0.25) is 10.1 Å². The Hall–Kier alpha value is -3.23. The van der Waals surface area contributed by atoms with Crippen LogP contribution in [0.25, 0.3) is 0 Å². The van der Waals surface area contributed by atoms with E-state index in [0.29, 0.717) is 5.56 Å². The summed E-state index contributed by atoms with van der Waals surface area (Å²) < 4.78 is 10.6. The zero-order chi connectivity index (χ0) is 22.1. The number of amides is 3. The molecule has 164 valence electrons. The number of esters is 1. The van der Waals surface area contributed by atoms with Gasteiger partial charge in [0.2, 0.25) is 0 Å². The highest BCUT2D eigenvalue weighted by atomic mass is 16.5. The Morgan fingerprint density at radius 1 is 1.00 bits per heavy atom. The van der Waals surface area contributed by atoms with E-state index in [1.807, 2.05) is 42.5 Å². The minimum atomic E-state index is -1.10. The number of hydrogen-bond donors (Lipinski definition) is 3. The average molecular weight is 426 g/mol. The molecule has 0 saturated carbocycles. The van der Waals surface area contributed by atoms with E-state index in [2.05, 4.69) is 10.6 Å². The van der Waals surface area contributed by atoms with Crippen LogP contribution in [-0.4, -0.2) is 50.3 Å². The number of imide groups is 1. The Morgan fingerprint density at radius 3 is 2.35 bits per heavy atom. The van der Waals surface area contributed by atoms with E-state index in [-0.39, 0.29) is 6.54 Å². The molecule has 1 aliphatic rings. The van der Waals surface area contributed by atoms with Gasteiger partial charge in [-0.05, 0) is 24.6 Å². The number of carbonyl (C=O) groups is 3. The molecule has 1 aliphatic heterocycles. The lowest BCUT2D eigenvalue weighted by Gasteiger charge is -2.23. The Balaban J connectivity index is 1.43. The Kier molecular flexibility index (Phi) is 8.14. The third-order valence-electron chi connectivity index (χ3n) is 5.03. The third-order valence-corrected chi connectivity index (χ3v) is 5.03. The fourth-order valence-electron chi connectivity index (χ4n) is 3.20. The number of quaternary nitrogens is 1. The molecule has 2 aromatic carbocycles. The van der Waals surface area contributed by atoms with E-state index in [9.17, 15) is 14.4 Å². The summed E-state index contributed by atoms with van der Waals surface area (Å²) in [7, 11) is 0.